The Labute approximate surface area is 193 Å². The van der Waals surface area contributed by atoms with Crippen LogP contribution in [0.3, 0.4) is 0 Å². The Kier molecular flexibility index (Phi) is 3.92. The van der Waals surface area contributed by atoms with Crippen molar-refractivity contribution in [1.29, 1.82) is 0 Å². The van der Waals surface area contributed by atoms with Crippen LogP contribution in [-0.2, 0) is 0 Å². The first-order valence-electron chi connectivity index (χ1n) is 11.0. The molecule has 6 aromatic rings. The van der Waals surface area contributed by atoms with Crippen LogP contribution in [0.25, 0.3) is 44.5 Å². The largest absolute Gasteiger partial charge is 0.341 e. The topological polar surface area (TPSA) is 99.4 Å². The molecule has 0 aliphatic heterocycles. The zero-order valence-corrected chi connectivity index (χ0v) is 17.9. The molecule has 1 amide bonds. The normalized spacial score (nSPS) is 14.3. The van der Waals surface area contributed by atoms with Gasteiger partial charge in [-0.15, -0.1) is 0 Å². The third-order valence-electron chi connectivity index (χ3n) is 6.47. The number of fused-ring (bicyclic) bond motifs is 5. The Morgan fingerprint density at radius 3 is 2.71 bits per heavy atom. The molecular formula is C27H18N6O. The van der Waals surface area contributed by atoms with Crippen molar-refractivity contribution in [1.82, 2.24) is 30.5 Å². The Hall–Kier alpha value is -4.78. The van der Waals surface area contributed by atoms with Crippen molar-refractivity contribution in [3.05, 3.63) is 102 Å². The molecule has 0 radical (unpaired) electrons. The van der Waals surface area contributed by atoms with Gasteiger partial charge in [0.15, 0.2) is 0 Å². The zero-order valence-electron chi connectivity index (χ0n) is 17.9. The molecule has 0 spiro atoms. The van der Waals surface area contributed by atoms with Gasteiger partial charge in [0.1, 0.15) is 5.82 Å². The van der Waals surface area contributed by atoms with Crippen LogP contribution in [0.4, 0.5) is 0 Å². The Morgan fingerprint density at radius 2 is 1.76 bits per heavy atom. The van der Waals surface area contributed by atoms with E-state index in [4.69, 9.17) is 4.98 Å². The van der Waals surface area contributed by atoms with E-state index >= 15 is 0 Å². The number of carbonyl (C=O) groups excluding carboxylic acids is 1. The van der Waals surface area contributed by atoms with Crippen molar-refractivity contribution in [2.75, 3.05) is 0 Å². The number of pyridine rings is 1. The molecule has 1 atom stereocenters. The molecule has 34 heavy (non-hydrogen) atoms. The number of benzene rings is 3. The van der Waals surface area contributed by atoms with Crippen LogP contribution >= 0.6 is 0 Å². The second-order valence-electron chi connectivity index (χ2n) is 8.41. The summed E-state index contributed by atoms with van der Waals surface area (Å²) in [6.07, 6.45) is 5.24. The number of hydrogen-bond acceptors (Lipinski definition) is 4. The number of amides is 1. The number of imidazole rings is 1. The lowest BCUT2D eigenvalue weighted by Crippen LogP contribution is -2.28. The molecule has 0 fully saturated rings. The lowest BCUT2D eigenvalue weighted by atomic mass is 9.98. The molecule has 1 aliphatic rings. The fourth-order valence-corrected chi connectivity index (χ4v) is 4.89. The highest BCUT2D eigenvalue weighted by Crippen LogP contribution is 2.47. The van der Waals surface area contributed by atoms with Crippen molar-refractivity contribution in [2.24, 2.45) is 0 Å². The van der Waals surface area contributed by atoms with Gasteiger partial charge in [-0.25, -0.2) is 4.98 Å². The van der Waals surface area contributed by atoms with Gasteiger partial charge in [-0.2, -0.15) is 5.10 Å². The Balaban J connectivity index is 1.34. The number of aromatic amines is 2. The summed E-state index contributed by atoms with van der Waals surface area (Å²) in [5.74, 6) is 0.656. The van der Waals surface area contributed by atoms with E-state index in [0.29, 0.717) is 5.56 Å². The molecule has 3 heterocycles. The quantitative estimate of drug-likeness (QED) is 0.359. The summed E-state index contributed by atoms with van der Waals surface area (Å²) in [4.78, 5) is 25.7. The van der Waals surface area contributed by atoms with Gasteiger partial charge >= 0.3 is 0 Å². The van der Waals surface area contributed by atoms with E-state index in [1.54, 1.807) is 18.6 Å². The maximum absolute atomic E-state index is 13.3. The van der Waals surface area contributed by atoms with Crippen molar-refractivity contribution in [3.8, 4) is 22.5 Å². The van der Waals surface area contributed by atoms with Crippen LogP contribution in [0, 0.1) is 0 Å². The van der Waals surface area contributed by atoms with Gasteiger partial charge in [-0.05, 0) is 46.5 Å². The van der Waals surface area contributed by atoms with E-state index in [1.807, 2.05) is 42.5 Å². The van der Waals surface area contributed by atoms with E-state index < -0.39 is 0 Å². The number of aromatic nitrogens is 5. The summed E-state index contributed by atoms with van der Waals surface area (Å²) >= 11 is 0. The average molecular weight is 442 g/mol. The molecule has 162 valence electrons. The molecule has 7 nitrogen and oxygen atoms in total. The first kappa shape index (κ1) is 18.8. The van der Waals surface area contributed by atoms with Gasteiger partial charge in [0.05, 0.1) is 35.0 Å². The first-order valence-corrected chi connectivity index (χ1v) is 11.0. The van der Waals surface area contributed by atoms with Crippen molar-refractivity contribution in [2.45, 2.75) is 6.04 Å². The molecule has 7 heteroatoms. The lowest BCUT2D eigenvalue weighted by molar-refractivity contribution is 0.0944. The van der Waals surface area contributed by atoms with E-state index in [0.717, 1.165) is 55.6 Å². The van der Waals surface area contributed by atoms with Crippen LogP contribution in [-0.4, -0.2) is 31.1 Å². The smallest absolute Gasteiger partial charge is 0.252 e. The third kappa shape index (κ3) is 2.77. The van der Waals surface area contributed by atoms with Gasteiger partial charge in [-0.3, -0.25) is 14.9 Å². The summed E-state index contributed by atoms with van der Waals surface area (Å²) in [6, 6.07) is 21.6. The molecule has 1 aliphatic carbocycles. The first-order chi connectivity index (χ1) is 16.8. The number of rotatable bonds is 3. The summed E-state index contributed by atoms with van der Waals surface area (Å²) < 4.78 is 0. The SMILES string of the molecule is O=C(NC1c2ccccc2-c2c(-c3nc4ccncc4[nH]3)cccc21)c1ccc2[nH]ncc2c1. The predicted octanol–water partition coefficient (Wildman–Crippen LogP) is 5.00. The van der Waals surface area contributed by atoms with Gasteiger partial charge < -0.3 is 10.3 Å². The fraction of sp³-hybridized carbons (Fsp3) is 0.0370. The standard InChI is InChI=1S/C27H18N6O/c34-27(15-8-9-21-16(12-15)13-29-33-21)32-25-18-5-2-1-4-17(18)24-19(25)6-3-7-20(24)26-30-22-10-11-28-14-23(22)31-26/h1-14,25H,(H,29,33)(H,30,31)(H,32,34). The van der Waals surface area contributed by atoms with Crippen LogP contribution in [0.5, 0.6) is 0 Å². The second-order valence-corrected chi connectivity index (χ2v) is 8.41. The van der Waals surface area contributed by atoms with E-state index in [1.165, 1.54) is 0 Å². The highest BCUT2D eigenvalue weighted by atomic mass is 16.1. The fourth-order valence-electron chi connectivity index (χ4n) is 4.89. The maximum atomic E-state index is 13.3. The molecule has 0 saturated carbocycles. The molecular weight excluding hydrogens is 424 g/mol. The second kappa shape index (κ2) is 7.11. The van der Waals surface area contributed by atoms with E-state index in [2.05, 4.69) is 49.7 Å². The molecule has 0 saturated heterocycles. The van der Waals surface area contributed by atoms with Gasteiger partial charge in [-0.1, -0.05) is 42.5 Å². The number of H-pyrrole nitrogens is 2. The van der Waals surface area contributed by atoms with Gasteiger partial charge in [0.25, 0.3) is 5.91 Å². The number of nitrogens with one attached hydrogen (secondary N) is 3. The minimum atomic E-state index is -0.259. The van der Waals surface area contributed by atoms with Gasteiger partial charge in [0, 0.05) is 22.7 Å². The summed E-state index contributed by atoms with van der Waals surface area (Å²) in [5.41, 5.74) is 8.56. The van der Waals surface area contributed by atoms with Gasteiger partial charge in [0.2, 0.25) is 0 Å². The Bertz CT molecular complexity index is 1700. The monoisotopic (exact) mass is 442 g/mol. The third-order valence-corrected chi connectivity index (χ3v) is 6.47. The van der Waals surface area contributed by atoms with Crippen LogP contribution < -0.4 is 5.32 Å². The summed E-state index contributed by atoms with van der Waals surface area (Å²) in [6.45, 7) is 0. The highest BCUT2D eigenvalue weighted by molar-refractivity contribution is 5.99. The minimum Gasteiger partial charge on any atom is -0.341 e. The van der Waals surface area contributed by atoms with Crippen molar-refractivity contribution >= 4 is 27.8 Å². The van der Waals surface area contributed by atoms with Crippen LogP contribution in [0.1, 0.15) is 27.5 Å². The number of nitrogens with zero attached hydrogens (tertiary/aromatic N) is 3. The summed E-state index contributed by atoms with van der Waals surface area (Å²) in [5, 5.41) is 11.1. The van der Waals surface area contributed by atoms with Crippen LogP contribution in [0.15, 0.2) is 85.3 Å². The lowest BCUT2D eigenvalue weighted by Gasteiger charge is -2.16. The molecule has 0 bridgehead atoms. The maximum Gasteiger partial charge on any atom is 0.252 e. The number of hydrogen-bond donors (Lipinski definition) is 3. The molecule has 3 aromatic carbocycles. The number of carbonyl (C=O) groups is 1. The predicted molar refractivity (Wildman–Crippen MR) is 130 cm³/mol. The molecule has 1 unspecified atom stereocenters. The summed E-state index contributed by atoms with van der Waals surface area (Å²) in [7, 11) is 0. The van der Waals surface area contributed by atoms with Crippen molar-refractivity contribution < 1.29 is 4.79 Å². The molecule has 3 aromatic heterocycles. The average Bonchev–Trinajstić information content (AvgIpc) is 3.59. The molecule has 7 rings (SSSR count). The Morgan fingerprint density at radius 1 is 0.882 bits per heavy atom. The zero-order chi connectivity index (χ0) is 22.6. The highest BCUT2D eigenvalue weighted by Gasteiger charge is 2.32. The van der Waals surface area contributed by atoms with E-state index in [-0.39, 0.29) is 11.9 Å². The van der Waals surface area contributed by atoms with Crippen LogP contribution in [0.2, 0.25) is 0 Å². The molecule has 3 N–H and O–H groups in total. The minimum absolute atomic E-state index is 0.129. The van der Waals surface area contributed by atoms with Crippen molar-refractivity contribution in [3.63, 3.8) is 0 Å². The van der Waals surface area contributed by atoms with E-state index in [9.17, 15) is 4.79 Å².